The molecule has 0 nitrogen and oxygen atoms in total. The van der Waals surface area contributed by atoms with Crippen molar-refractivity contribution >= 4 is 0 Å². The number of hydrogen-bond acceptors (Lipinski definition) is 0. The van der Waals surface area contributed by atoms with Crippen LogP contribution in [0.4, 0.5) is 0 Å². The van der Waals surface area contributed by atoms with Gasteiger partial charge in [0.2, 0.25) is 0 Å². The van der Waals surface area contributed by atoms with E-state index < -0.39 is 0 Å². The average Bonchev–Trinajstić information content (AvgIpc) is 1.62. The van der Waals surface area contributed by atoms with E-state index in [9.17, 15) is 0 Å². The summed E-state index contributed by atoms with van der Waals surface area (Å²) in [6.07, 6.45) is 155. The molecular weight excluding hydrogens is 1350 g/mol. The maximum Gasteiger partial charge on any atom is -0.00169 e. The van der Waals surface area contributed by atoms with Crippen LogP contribution in [0.25, 0.3) is 0 Å². The van der Waals surface area contributed by atoms with Gasteiger partial charge in [0.25, 0.3) is 0 Å². The maximum atomic E-state index is 2.38. The van der Waals surface area contributed by atoms with E-state index >= 15 is 0 Å². The van der Waals surface area contributed by atoms with E-state index in [-0.39, 0.29) is 0 Å². The molecule has 0 heterocycles. The summed E-state index contributed by atoms with van der Waals surface area (Å²) >= 11 is 0. The van der Waals surface area contributed by atoms with Crippen LogP contribution >= 0.6 is 0 Å². The Labute approximate surface area is 700 Å². The molecule has 22 saturated carbocycles. The van der Waals surface area contributed by atoms with Gasteiger partial charge in [-0.25, -0.2) is 0 Å². The van der Waals surface area contributed by atoms with Gasteiger partial charge in [-0.05, 0) is 243 Å². The third-order valence-corrected chi connectivity index (χ3v) is 31.3. The minimum absolute atomic E-state index is 0.856. The van der Waals surface area contributed by atoms with Gasteiger partial charge in [0.15, 0.2) is 0 Å². The first-order valence-corrected chi connectivity index (χ1v) is 52.6. The lowest BCUT2D eigenvalue weighted by molar-refractivity contribution is 0.116. The van der Waals surface area contributed by atoms with Gasteiger partial charge < -0.3 is 0 Å². The Kier molecular flexibility index (Phi) is 52.4. The molecule has 0 N–H and O–H groups in total. The minimum atomic E-state index is 0.856. The molecule has 28 aliphatic carbocycles. The molecule has 112 heavy (non-hydrogen) atoms. The normalized spacial score (nSPS) is 34.1. The van der Waals surface area contributed by atoms with Crippen LogP contribution in [0.3, 0.4) is 0 Å². The van der Waals surface area contributed by atoms with Gasteiger partial charge in [-0.3, -0.25) is 0 Å². The number of rotatable bonds is 0. The molecule has 0 heteroatoms. The van der Waals surface area contributed by atoms with E-state index in [2.05, 4.69) is 103 Å². The number of fused-ring (bicyclic) bond motifs is 13. The molecule has 0 aromatic heterocycles. The van der Waals surface area contributed by atoms with Crippen LogP contribution in [0.5, 0.6) is 0 Å². The third-order valence-electron chi connectivity index (χ3n) is 31.3. The van der Waals surface area contributed by atoms with E-state index in [4.69, 9.17) is 0 Å². The quantitative estimate of drug-likeness (QED) is 0.168. The summed E-state index contributed by atoms with van der Waals surface area (Å²) in [5, 5.41) is 0. The number of allylic oxidation sites excluding steroid dienone is 18. The Morgan fingerprint density at radius 2 is 0.473 bits per heavy atom. The van der Waals surface area contributed by atoms with Gasteiger partial charge in [0, 0.05) is 0 Å². The minimum Gasteiger partial charge on any atom is -0.0885 e. The molecule has 7 atom stereocenters. The van der Waals surface area contributed by atoms with Crippen molar-refractivity contribution in [2.45, 2.75) is 507 Å². The molecule has 0 amide bonds. The lowest BCUT2D eigenvalue weighted by Crippen LogP contribution is -2.28. The highest BCUT2D eigenvalue weighted by atomic mass is 14.5. The second-order valence-corrected chi connectivity index (χ2v) is 41.1. The van der Waals surface area contributed by atoms with Gasteiger partial charge in [0.1, 0.15) is 0 Å². The van der Waals surface area contributed by atoms with Crippen molar-refractivity contribution in [1.29, 1.82) is 0 Å². The summed E-state index contributed by atoms with van der Waals surface area (Å²) in [5.74, 6) is 17.1. The van der Waals surface area contributed by atoms with E-state index in [0.29, 0.717) is 0 Å². The summed E-state index contributed by atoms with van der Waals surface area (Å²) in [5.41, 5.74) is 1.67. The fraction of sp³-hybridized carbons (Fsp3) is 0.839. The zero-order valence-corrected chi connectivity index (χ0v) is 74.8. The van der Waals surface area contributed by atoms with Crippen LogP contribution in [0, 0.1) is 88.8 Å². The lowest BCUT2D eigenvalue weighted by atomic mass is 9.65. The van der Waals surface area contributed by atoms with Crippen LogP contribution in [0.1, 0.15) is 507 Å². The monoisotopic (exact) mass is 1540 g/mol. The summed E-state index contributed by atoms with van der Waals surface area (Å²) in [6, 6.07) is 0. The predicted octanol–water partition coefficient (Wildman–Crippen LogP) is 37.5. The van der Waals surface area contributed by atoms with Crippen molar-refractivity contribution < 1.29 is 0 Å². The van der Waals surface area contributed by atoms with Gasteiger partial charge >= 0.3 is 0 Å². The van der Waals surface area contributed by atoms with Crippen LogP contribution < -0.4 is 0 Å². The van der Waals surface area contributed by atoms with E-state index in [0.717, 1.165) is 42.4 Å². The van der Waals surface area contributed by atoms with Crippen molar-refractivity contribution in [3.8, 4) is 0 Å². The predicted molar refractivity (Wildman–Crippen MR) is 498 cm³/mol. The second kappa shape index (κ2) is 62.8. The lowest BCUT2D eigenvalue weighted by Gasteiger charge is -2.40. The third kappa shape index (κ3) is 45.7. The zero-order valence-electron chi connectivity index (χ0n) is 74.8. The highest BCUT2D eigenvalue weighted by molar-refractivity contribution is 5.29. The Balaban J connectivity index is 0.000000137. The highest BCUT2D eigenvalue weighted by Gasteiger charge is 2.44. The first-order valence-electron chi connectivity index (χ1n) is 52.6. The van der Waals surface area contributed by atoms with E-state index in [1.165, 1.54) is 393 Å². The maximum absolute atomic E-state index is 2.38. The zero-order chi connectivity index (χ0) is 77.1. The molecular formula is C112H190. The molecule has 0 radical (unpaired) electrons. The molecule has 0 aliphatic heterocycles. The summed E-state index contributed by atoms with van der Waals surface area (Å²) < 4.78 is 0. The largest absolute Gasteiger partial charge is 0.0885 e. The molecule has 0 saturated heterocycles. The molecule has 28 aliphatic rings. The second-order valence-electron chi connectivity index (χ2n) is 41.1. The molecule has 8 bridgehead atoms. The van der Waals surface area contributed by atoms with Crippen molar-refractivity contribution in [1.82, 2.24) is 0 Å². The molecule has 0 spiro atoms. The SMILES string of the molecule is C1=CC2CCC1C2.C1=CC2CCCC2=C1.C1=CCC=CC1.C1=CCCC1.C1=CCCC=C1.C1=CCCCC1.C1CC1.C1CC2CC(C1)C2.C1CC2CC12.C1CC2CC2C1.C1CC2CCC1C2.C1CC2CCC1CC2.C1CC2CCCC2C1.C1CCC1.C1CCCC1.C1CCCCC1.C1CCCCCC1.C1CCCCCCC1. The summed E-state index contributed by atoms with van der Waals surface area (Å²) in [6.45, 7) is 0. The fourth-order valence-electron chi connectivity index (χ4n) is 22.5. The van der Waals surface area contributed by atoms with Crippen molar-refractivity contribution in [3.63, 3.8) is 0 Å². The van der Waals surface area contributed by atoms with Gasteiger partial charge in [-0.1, -0.05) is 462 Å². The van der Waals surface area contributed by atoms with Crippen LogP contribution in [0.15, 0.2) is 109 Å². The highest BCUT2D eigenvalue weighted by Crippen LogP contribution is 2.55. The Morgan fingerprint density at radius 3 is 0.652 bits per heavy atom. The van der Waals surface area contributed by atoms with Gasteiger partial charge in [0.05, 0.1) is 0 Å². The van der Waals surface area contributed by atoms with Crippen molar-refractivity contribution in [3.05, 3.63) is 109 Å². The molecule has 638 valence electrons. The van der Waals surface area contributed by atoms with Crippen LogP contribution in [0.2, 0.25) is 0 Å². The Hall–Kier alpha value is -2.34. The standard InChI is InChI=1S/C8H14.C8H10.C8H14.C8H16.C7H12.C7H10.C7H12.C7H14.C6H10.C6H12.C6H10.2C6H8.C5H8.C5H10.C5H8.C4H8.C3H6/c2*1-3-7-5-2-6-8(7)4-1;1-2-8-5-3-7(1)4-6-8;1-2-4-6-8-7-5-3-1;2*1-2-7-4-3-6(1)5-7;1-2-6-4-7(3-1)5-6;1-2-4-6-7-5-3-1;1-2-5-4-6(5)3-1;4*1-2-4-6-5-3-1;1-2-5-3-4(1)5;2*1-2-4-5-3-1;1-2-4-3-1;1-2-3-1/h7-8H,1-6H2;1,3-4,7H,2,5-6H2;7-8H,1-6H2;1-8H2;6-7H,1-5H2;1-2,6-7H,3-5H2;6-7H,1-5H2;1-7H2;5-6H,1-4H2;1-6H2;1-2H,3-6H2;1-2,5-6H,3-4H2;1-4H,5-6H2;4-5H,1-3H2;1-5H2;1-2H,3-5H2;1-4H2;1-3H2. The Morgan fingerprint density at radius 1 is 0.170 bits per heavy atom. The first kappa shape index (κ1) is 93.5. The average molecular weight is 1540 g/mol. The fourth-order valence-corrected chi connectivity index (χ4v) is 22.5. The first-order chi connectivity index (χ1) is 55.7. The Bertz CT molecular complexity index is 2260. The molecule has 22 fully saturated rings. The number of hydrogen-bond donors (Lipinski definition) is 0. The van der Waals surface area contributed by atoms with Gasteiger partial charge in [-0.15, -0.1) is 0 Å². The van der Waals surface area contributed by atoms with Crippen molar-refractivity contribution in [2.24, 2.45) is 88.8 Å². The molecule has 0 aromatic rings. The smallest absolute Gasteiger partial charge is 0.00169 e. The van der Waals surface area contributed by atoms with Crippen molar-refractivity contribution in [2.75, 3.05) is 0 Å². The molecule has 0 aromatic carbocycles. The molecule has 7 unspecified atom stereocenters. The van der Waals surface area contributed by atoms with Crippen LogP contribution in [-0.4, -0.2) is 0 Å². The molecule has 28 rings (SSSR count). The summed E-state index contributed by atoms with van der Waals surface area (Å²) in [4.78, 5) is 0. The summed E-state index contributed by atoms with van der Waals surface area (Å²) in [7, 11) is 0. The van der Waals surface area contributed by atoms with E-state index in [1.807, 2.05) is 0 Å². The van der Waals surface area contributed by atoms with E-state index in [1.54, 1.807) is 166 Å². The van der Waals surface area contributed by atoms with Crippen LogP contribution in [-0.2, 0) is 0 Å². The topological polar surface area (TPSA) is 0 Å². The van der Waals surface area contributed by atoms with Gasteiger partial charge in [-0.2, -0.15) is 0 Å².